The molecule has 1 aromatic heterocycles. The molecule has 0 bridgehead atoms. The predicted octanol–water partition coefficient (Wildman–Crippen LogP) is 2.81. The lowest BCUT2D eigenvalue weighted by molar-refractivity contribution is -0.105. The molecule has 0 spiro atoms. The largest absolute Gasteiger partial charge is 0.347 e. The summed E-state index contributed by atoms with van der Waals surface area (Å²) in [6, 6.07) is 0. The first-order valence-electron chi connectivity index (χ1n) is 4.45. The van der Waals surface area contributed by atoms with Crippen LogP contribution < -0.4 is 5.32 Å². The molecule has 1 rings (SSSR count). The minimum Gasteiger partial charge on any atom is -0.347 e. The van der Waals surface area contributed by atoms with Crippen LogP contribution in [0.2, 0.25) is 0 Å². The molecule has 0 saturated carbocycles. The molecule has 88 valence electrons. The molecule has 4 nitrogen and oxygen atoms in total. The fourth-order valence-corrected chi connectivity index (χ4v) is 1.85. The molecule has 1 N–H and O–H groups in total. The summed E-state index contributed by atoms with van der Waals surface area (Å²) in [4.78, 5) is 10.3. The number of hydrogen-bond donors (Lipinski definition) is 1. The molecular formula is C9H10F2N2O2S. The van der Waals surface area contributed by atoms with Crippen LogP contribution in [0.3, 0.4) is 0 Å². The number of nitrogens with one attached hydrogen (secondary N) is 1. The van der Waals surface area contributed by atoms with Gasteiger partial charge in [0.2, 0.25) is 11.5 Å². The van der Waals surface area contributed by atoms with Crippen molar-refractivity contribution in [3.8, 4) is 0 Å². The molecule has 0 aliphatic carbocycles. The third-order valence-electron chi connectivity index (χ3n) is 1.68. The highest BCUT2D eigenvalue weighted by Crippen LogP contribution is 2.30. The number of hydrogen-bond acceptors (Lipinski definition) is 4. The van der Waals surface area contributed by atoms with Gasteiger partial charge in [0.1, 0.15) is 11.4 Å². The van der Waals surface area contributed by atoms with Crippen molar-refractivity contribution >= 4 is 23.9 Å². The molecule has 0 aliphatic rings. The summed E-state index contributed by atoms with van der Waals surface area (Å²) in [5.74, 6) is 0.430. The zero-order valence-corrected chi connectivity index (χ0v) is 9.31. The van der Waals surface area contributed by atoms with Crippen molar-refractivity contribution in [1.29, 1.82) is 0 Å². The standard InChI is InChI=1S/C9H10F2N2O2S/c1-6-8(12-5-14)9(15-13-6)16-4-2-3-7(10)11/h3,5H,2,4H2,1H3,(H,12,14). The lowest BCUT2D eigenvalue weighted by Gasteiger charge is -1.98. The zero-order valence-electron chi connectivity index (χ0n) is 8.50. The van der Waals surface area contributed by atoms with Crippen LogP contribution in [0.25, 0.3) is 0 Å². The van der Waals surface area contributed by atoms with Crippen LogP contribution in [-0.2, 0) is 4.79 Å². The zero-order chi connectivity index (χ0) is 12.0. The summed E-state index contributed by atoms with van der Waals surface area (Å²) in [5, 5.41) is 6.55. The first-order chi connectivity index (χ1) is 7.65. The van der Waals surface area contributed by atoms with Crippen LogP contribution in [0.4, 0.5) is 14.5 Å². The molecule has 0 saturated heterocycles. The smallest absolute Gasteiger partial charge is 0.266 e. The number of allylic oxidation sites excluding steroid dienone is 1. The van der Waals surface area contributed by atoms with Crippen molar-refractivity contribution < 1.29 is 18.1 Å². The number of carbonyl (C=O) groups excluding carboxylic acids is 1. The summed E-state index contributed by atoms with van der Waals surface area (Å²) in [5.41, 5.74) is 1.05. The van der Waals surface area contributed by atoms with Crippen LogP contribution in [0.15, 0.2) is 21.8 Å². The maximum Gasteiger partial charge on any atom is 0.266 e. The van der Waals surface area contributed by atoms with Crippen molar-refractivity contribution in [3.63, 3.8) is 0 Å². The van der Waals surface area contributed by atoms with E-state index < -0.39 is 6.08 Å². The molecule has 0 aromatic carbocycles. The minimum absolute atomic E-state index is 0.229. The lowest BCUT2D eigenvalue weighted by Crippen LogP contribution is -1.95. The van der Waals surface area contributed by atoms with E-state index in [9.17, 15) is 13.6 Å². The van der Waals surface area contributed by atoms with Crippen molar-refractivity contribution in [1.82, 2.24) is 5.16 Å². The van der Waals surface area contributed by atoms with E-state index in [2.05, 4.69) is 10.5 Å². The topological polar surface area (TPSA) is 55.1 Å². The number of nitrogens with zero attached hydrogens (tertiary/aromatic N) is 1. The van der Waals surface area contributed by atoms with Gasteiger partial charge in [0, 0.05) is 5.75 Å². The summed E-state index contributed by atoms with van der Waals surface area (Å²) in [6.45, 7) is 1.68. The van der Waals surface area contributed by atoms with Crippen LogP contribution in [-0.4, -0.2) is 17.3 Å². The molecule has 1 amide bonds. The van der Waals surface area contributed by atoms with Gasteiger partial charge in [0.05, 0.1) is 0 Å². The van der Waals surface area contributed by atoms with Crippen LogP contribution in [0.5, 0.6) is 0 Å². The molecular weight excluding hydrogens is 238 g/mol. The van der Waals surface area contributed by atoms with Gasteiger partial charge in [-0.2, -0.15) is 8.78 Å². The number of aromatic nitrogens is 1. The lowest BCUT2D eigenvalue weighted by atomic mass is 10.4. The number of rotatable bonds is 6. The molecule has 0 unspecified atom stereocenters. The van der Waals surface area contributed by atoms with E-state index in [0.29, 0.717) is 28.6 Å². The van der Waals surface area contributed by atoms with Gasteiger partial charge >= 0.3 is 0 Å². The minimum atomic E-state index is -1.69. The predicted molar refractivity (Wildman–Crippen MR) is 56.6 cm³/mol. The van der Waals surface area contributed by atoms with E-state index in [1.54, 1.807) is 6.92 Å². The fraction of sp³-hybridized carbons (Fsp3) is 0.333. The summed E-state index contributed by atoms with van der Waals surface area (Å²) in [7, 11) is 0. The van der Waals surface area contributed by atoms with Gasteiger partial charge in [0.15, 0.2) is 0 Å². The highest BCUT2D eigenvalue weighted by Gasteiger charge is 2.12. The Morgan fingerprint density at radius 1 is 1.62 bits per heavy atom. The first kappa shape index (κ1) is 12.7. The molecule has 1 aromatic rings. The van der Waals surface area contributed by atoms with Crippen molar-refractivity contribution in [2.45, 2.75) is 18.4 Å². The van der Waals surface area contributed by atoms with E-state index >= 15 is 0 Å². The van der Waals surface area contributed by atoms with Crippen LogP contribution in [0, 0.1) is 6.92 Å². The Hall–Kier alpha value is -1.37. The third kappa shape index (κ3) is 3.65. The number of aryl methyl sites for hydroxylation is 1. The van der Waals surface area contributed by atoms with E-state index in [1.165, 1.54) is 11.8 Å². The number of halogens is 2. The first-order valence-corrected chi connectivity index (χ1v) is 5.44. The molecule has 0 fully saturated rings. The monoisotopic (exact) mass is 248 g/mol. The maximum atomic E-state index is 11.7. The molecule has 0 aliphatic heterocycles. The van der Waals surface area contributed by atoms with Gasteiger partial charge in [-0.05, 0) is 19.4 Å². The van der Waals surface area contributed by atoms with Crippen molar-refractivity contribution in [2.75, 3.05) is 11.1 Å². The van der Waals surface area contributed by atoms with Gasteiger partial charge in [-0.15, -0.1) is 0 Å². The highest BCUT2D eigenvalue weighted by molar-refractivity contribution is 7.99. The average Bonchev–Trinajstić information content (AvgIpc) is 2.56. The van der Waals surface area contributed by atoms with Gasteiger partial charge < -0.3 is 9.84 Å². The van der Waals surface area contributed by atoms with Crippen molar-refractivity contribution in [2.24, 2.45) is 0 Å². The van der Waals surface area contributed by atoms with Gasteiger partial charge in [-0.25, -0.2) is 0 Å². The third-order valence-corrected chi connectivity index (χ3v) is 2.66. The summed E-state index contributed by atoms with van der Waals surface area (Å²) >= 11 is 1.22. The summed E-state index contributed by atoms with van der Waals surface area (Å²) in [6.07, 6.45) is -0.110. The molecule has 16 heavy (non-hydrogen) atoms. The second-order valence-electron chi connectivity index (χ2n) is 2.82. The normalized spacial score (nSPS) is 9.94. The quantitative estimate of drug-likeness (QED) is 0.478. The van der Waals surface area contributed by atoms with E-state index in [0.717, 1.165) is 6.08 Å². The Morgan fingerprint density at radius 2 is 2.38 bits per heavy atom. The molecule has 0 radical (unpaired) electrons. The van der Waals surface area contributed by atoms with Crippen LogP contribution >= 0.6 is 11.8 Å². The van der Waals surface area contributed by atoms with Gasteiger partial charge in [-0.3, -0.25) is 4.79 Å². The second-order valence-corrected chi connectivity index (χ2v) is 3.89. The molecule has 0 atom stereocenters. The van der Waals surface area contributed by atoms with Crippen molar-refractivity contribution in [3.05, 3.63) is 17.9 Å². The van der Waals surface area contributed by atoms with E-state index in [4.69, 9.17) is 4.52 Å². The Labute approximate surface area is 95.1 Å². The Bertz CT molecular complexity index is 389. The van der Waals surface area contributed by atoms with Crippen LogP contribution in [0.1, 0.15) is 12.1 Å². The number of amides is 1. The number of thioether (sulfide) groups is 1. The SMILES string of the molecule is Cc1noc(SCCC=C(F)F)c1NC=O. The number of carbonyl (C=O) groups is 1. The van der Waals surface area contributed by atoms with Gasteiger partial charge in [0.25, 0.3) is 6.08 Å². The maximum absolute atomic E-state index is 11.7. The summed E-state index contributed by atoms with van der Waals surface area (Å²) < 4.78 is 28.4. The molecule has 1 heterocycles. The Morgan fingerprint density at radius 3 is 3.00 bits per heavy atom. The second kappa shape index (κ2) is 6.26. The molecule has 7 heteroatoms. The highest BCUT2D eigenvalue weighted by atomic mass is 32.2. The van der Waals surface area contributed by atoms with E-state index in [1.807, 2.05) is 0 Å². The van der Waals surface area contributed by atoms with Gasteiger partial charge in [-0.1, -0.05) is 16.9 Å². The Balaban J connectivity index is 2.53. The average molecular weight is 248 g/mol. The number of anilines is 1. The fourth-order valence-electron chi connectivity index (χ4n) is 0.989. The van der Waals surface area contributed by atoms with E-state index in [-0.39, 0.29) is 6.42 Å². The Kier molecular flexibility index (Phi) is 4.97.